The minimum absolute atomic E-state index is 0.0424. The molecule has 0 spiro atoms. The van der Waals surface area contributed by atoms with E-state index in [0.717, 1.165) is 38.6 Å². The number of nitrogens with one attached hydrogen (secondary N) is 1. The van der Waals surface area contributed by atoms with Crippen molar-refractivity contribution >= 4 is 17.8 Å². The van der Waals surface area contributed by atoms with Crippen LogP contribution in [0.4, 0.5) is 0 Å². The largest absolute Gasteiger partial charge is 0.481 e. The highest BCUT2D eigenvalue weighted by Gasteiger charge is 2.34. The molecule has 2 aliphatic carbocycles. The molecule has 1 unspecified atom stereocenters. The van der Waals surface area contributed by atoms with E-state index in [2.05, 4.69) is 5.32 Å². The Morgan fingerprint density at radius 3 is 2.08 bits per heavy atom. The van der Waals surface area contributed by atoms with Gasteiger partial charge < -0.3 is 15.3 Å². The van der Waals surface area contributed by atoms with Crippen LogP contribution in [0.5, 0.6) is 0 Å². The molecule has 1 aliphatic heterocycles. The van der Waals surface area contributed by atoms with Gasteiger partial charge in [-0.15, -0.1) is 0 Å². The minimum Gasteiger partial charge on any atom is -0.481 e. The smallest absolute Gasteiger partial charge is 0.306 e. The lowest BCUT2D eigenvalue weighted by Gasteiger charge is -2.27. The van der Waals surface area contributed by atoms with Gasteiger partial charge in [0, 0.05) is 31.0 Å². The van der Waals surface area contributed by atoms with Gasteiger partial charge in [0.15, 0.2) is 0 Å². The zero-order chi connectivity index (χ0) is 17.8. The normalized spacial score (nSPS) is 30.9. The lowest BCUT2D eigenvalue weighted by atomic mass is 9.81. The number of carboxylic acid groups (broad SMARTS) is 1. The van der Waals surface area contributed by atoms with Crippen LogP contribution in [0.3, 0.4) is 0 Å². The van der Waals surface area contributed by atoms with Crippen LogP contribution >= 0.6 is 0 Å². The van der Waals surface area contributed by atoms with Gasteiger partial charge in [0.05, 0.1) is 5.92 Å². The van der Waals surface area contributed by atoms with Crippen LogP contribution in [-0.2, 0) is 14.4 Å². The predicted octanol–water partition coefficient (Wildman–Crippen LogP) is 2.17. The first-order chi connectivity index (χ1) is 12.0. The summed E-state index contributed by atoms with van der Waals surface area (Å²) in [5, 5.41) is 12.1. The third-order valence-corrected chi connectivity index (χ3v) is 6.25. The number of rotatable bonds is 4. The number of carboxylic acids is 1. The van der Waals surface area contributed by atoms with Gasteiger partial charge in [0.25, 0.3) is 0 Å². The predicted molar refractivity (Wildman–Crippen MR) is 92.8 cm³/mol. The van der Waals surface area contributed by atoms with Gasteiger partial charge in [-0.1, -0.05) is 19.3 Å². The molecule has 1 saturated heterocycles. The second kappa shape index (κ2) is 8.19. The Kier molecular flexibility index (Phi) is 5.97. The van der Waals surface area contributed by atoms with Crippen molar-refractivity contribution in [2.75, 3.05) is 13.1 Å². The molecule has 2 amide bonds. The molecule has 3 rings (SSSR count). The minimum atomic E-state index is -0.744. The lowest BCUT2D eigenvalue weighted by molar-refractivity contribution is -0.144. The van der Waals surface area contributed by atoms with Crippen molar-refractivity contribution in [3.63, 3.8) is 0 Å². The summed E-state index contributed by atoms with van der Waals surface area (Å²) in [6, 6.07) is 0.0530. The number of hydrogen-bond acceptors (Lipinski definition) is 3. The Labute approximate surface area is 149 Å². The first-order valence-corrected chi connectivity index (χ1v) is 9.86. The molecule has 140 valence electrons. The second-order valence-corrected chi connectivity index (χ2v) is 8.00. The summed E-state index contributed by atoms with van der Waals surface area (Å²) in [4.78, 5) is 38.0. The van der Waals surface area contributed by atoms with Gasteiger partial charge in [0.2, 0.25) is 11.8 Å². The van der Waals surface area contributed by atoms with Gasteiger partial charge in [-0.2, -0.15) is 0 Å². The molecule has 2 N–H and O–H groups in total. The molecule has 0 aromatic carbocycles. The van der Waals surface area contributed by atoms with E-state index in [1.54, 1.807) is 0 Å². The molecule has 0 bridgehead atoms. The number of amides is 2. The highest BCUT2D eigenvalue weighted by molar-refractivity contribution is 5.81. The zero-order valence-electron chi connectivity index (χ0n) is 14.9. The van der Waals surface area contributed by atoms with Crippen molar-refractivity contribution in [1.29, 1.82) is 0 Å². The molecule has 3 aliphatic rings. The second-order valence-electron chi connectivity index (χ2n) is 8.00. The number of hydrogen-bond donors (Lipinski definition) is 2. The quantitative estimate of drug-likeness (QED) is 0.813. The average Bonchev–Trinajstić information content (AvgIpc) is 3.10. The molecule has 0 aromatic heterocycles. The van der Waals surface area contributed by atoms with Crippen molar-refractivity contribution < 1.29 is 19.5 Å². The number of carbonyl (C=O) groups is 3. The topological polar surface area (TPSA) is 86.7 Å². The number of aliphatic carboxylic acids is 1. The van der Waals surface area contributed by atoms with Crippen LogP contribution in [0.2, 0.25) is 0 Å². The van der Waals surface area contributed by atoms with Crippen LogP contribution in [0, 0.1) is 17.8 Å². The fourth-order valence-electron chi connectivity index (χ4n) is 4.61. The molecule has 25 heavy (non-hydrogen) atoms. The van der Waals surface area contributed by atoms with Crippen molar-refractivity contribution in [3.8, 4) is 0 Å². The fourth-order valence-corrected chi connectivity index (χ4v) is 4.61. The van der Waals surface area contributed by atoms with Gasteiger partial charge >= 0.3 is 5.97 Å². The molecule has 3 fully saturated rings. The summed E-state index contributed by atoms with van der Waals surface area (Å²) in [6.45, 7) is 1.37. The molecule has 1 atom stereocenters. The summed E-state index contributed by atoms with van der Waals surface area (Å²) in [5.74, 6) is -0.599. The van der Waals surface area contributed by atoms with Crippen molar-refractivity contribution in [1.82, 2.24) is 10.2 Å². The Balaban J connectivity index is 1.42. The lowest BCUT2D eigenvalue weighted by Crippen LogP contribution is -2.43. The Morgan fingerprint density at radius 1 is 0.800 bits per heavy atom. The standard InChI is InChI=1S/C19H30N2O4/c22-17(13-6-8-15(9-7-13)19(24)25)20-16-10-11-21(12-16)18(23)14-4-2-1-3-5-14/h13-16H,1-12H2,(H,20,22)(H,24,25). The van der Waals surface area contributed by atoms with Crippen LogP contribution in [0.1, 0.15) is 64.2 Å². The summed E-state index contributed by atoms with van der Waals surface area (Å²) in [6.07, 6.45) is 8.89. The van der Waals surface area contributed by atoms with E-state index in [0.29, 0.717) is 32.2 Å². The molecular formula is C19H30N2O4. The van der Waals surface area contributed by atoms with Crippen LogP contribution in [0.25, 0.3) is 0 Å². The first-order valence-electron chi connectivity index (χ1n) is 9.86. The van der Waals surface area contributed by atoms with E-state index >= 15 is 0 Å². The Bertz CT molecular complexity index is 508. The van der Waals surface area contributed by atoms with Crippen molar-refractivity contribution in [2.24, 2.45) is 17.8 Å². The van der Waals surface area contributed by atoms with Crippen LogP contribution < -0.4 is 5.32 Å². The third kappa shape index (κ3) is 4.53. The zero-order valence-corrected chi connectivity index (χ0v) is 14.9. The maximum atomic E-state index is 12.6. The maximum absolute atomic E-state index is 12.6. The summed E-state index contributed by atoms with van der Waals surface area (Å²) in [5.41, 5.74) is 0. The maximum Gasteiger partial charge on any atom is 0.306 e. The number of nitrogens with zero attached hydrogens (tertiary/aromatic N) is 1. The van der Waals surface area contributed by atoms with Crippen LogP contribution in [0.15, 0.2) is 0 Å². The van der Waals surface area contributed by atoms with E-state index in [1.807, 2.05) is 4.90 Å². The number of likely N-dealkylation sites (tertiary alicyclic amines) is 1. The Hall–Kier alpha value is -1.59. The fraction of sp³-hybridized carbons (Fsp3) is 0.842. The van der Waals surface area contributed by atoms with Crippen molar-refractivity contribution in [3.05, 3.63) is 0 Å². The molecule has 6 heteroatoms. The monoisotopic (exact) mass is 350 g/mol. The van der Waals surface area contributed by atoms with E-state index in [1.165, 1.54) is 6.42 Å². The molecular weight excluding hydrogens is 320 g/mol. The van der Waals surface area contributed by atoms with Gasteiger partial charge in [-0.25, -0.2) is 0 Å². The van der Waals surface area contributed by atoms with Gasteiger partial charge in [-0.3, -0.25) is 14.4 Å². The van der Waals surface area contributed by atoms with E-state index < -0.39 is 5.97 Å². The highest BCUT2D eigenvalue weighted by Crippen LogP contribution is 2.30. The van der Waals surface area contributed by atoms with Crippen molar-refractivity contribution in [2.45, 2.75) is 70.3 Å². The highest BCUT2D eigenvalue weighted by atomic mass is 16.4. The van der Waals surface area contributed by atoms with E-state index in [4.69, 9.17) is 5.11 Å². The SMILES string of the molecule is O=C(O)C1CCC(C(=O)NC2CCN(C(=O)C3CCCCC3)C2)CC1. The third-order valence-electron chi connectivity index (χ3n) is 6.25. The summed E-state index contributed by atoms with van der Waals surface area (Å²) in [7, 11) is 0. The Morgan fingerprint density at radius 2 is 1.44 bits per heavy atom. The van der Waals surface area contributed by atoms with E-state index in [9.17, 15) is 14.4 Å². The summed E-state index contributed by atoms with van der Waals surface area (Å²) >= 11 is 0. The molecule has 0 radical (unpaired) electrons. The number of carbonyl (C=O) groups excluding carboxylic acids is 2. The van der Waals surface area contributed by atoms with Gasteiger partial charge in [0.1, 0.15) is 0 Å². The molecule has 1 heterocycles. The molecule has 2 saturated carbocycles. The average molecular weight is 350 g/mol. The molecule has 0 aromatic rings. The first kappa shape index (κ1) is 18.2. The van der Waals surface area contributed by atoms with Gasteiger partial charge in [-0.05, 0) is 44.9 Å². The molecule has 6 nitrogen and oxygen atoms in total. The summed E-state index contributed by atoms with van der Waals surface area (Å²) < 4.78 is 0. The van der Waals surface area contributed by atoms with Crippen LogP contribution in [-0.4, -0.2) is 46.9 Å². The van der Waals surface area contributed by atoms with E-state index in [-0.39, 0.29) is 35.6 Å².